The lowest BCUT2D eigenvalue weighted by Crippen LogP contribution is -2.46. The highest BCUT2D eigenvalue weighted by atomic mass is 16.5. The van der Waals surface area contributed by atoms with Crippen LogP contribution in [-0.2, 0) is 0 Å². The SMILES string of the molecule is Cc1ccc(C(C)C)c2c1C(N1CCCC1)C(N)CO2. The van der Waals surface area contributed by atoms with Crippen LogP contribution in [0.4, 0.5) is 0 Å². The van der Waals surface area contributed by atoms with Crippen molar-refractivity contribution in [1.82, 2.24) is 4.90 Å². The van der Waals surface area contributed by atoms with E-state index in [1.54, 1.807) is 0 Å². The maximum absolute atomic E-state index is 6.40. The second kappa shape index (κ2) is 5.38. The Kier molecular flexibility index (Phi) is 3.74. The average molecular weight is 274 g/mol. The summed E-state index contributed by atoms with van der Waals surface area (Å²) in [5.41, 5.74) is 10.4. The van der Waals surface area contributed by atoms with E-state index in [1.165, 1.54) is 42.6 Å². The van der Waals surface area contributed by atoms with Crippen molar-refractivity contribution in [3.05, 3.63) is 28.8 Å². The molecular weight excluding hydrogens is 248 g/mol. The monoisotopic (exact) mass is 274 g/mol. The summed E-state index contributed by atoms with van der Waals surface area (Å²) < 4.78 is 6.05. The van der Waals surface area contributed by atoms with E-state index in [1.807, 2.05) is 0 Å². The first-order valence-electron chi connectivity index (χ1n) is 7.85. The number of fused-ring (bicyclic) bond motifs is 1. The summed E-state index contributed by atoms with van der Waals surface area (Å²) in [6.07, 6.45) is 2.59. The molecule has 1 fully saturated rings. The highest BCUT2D eigenvalue weighted by Crippen LogP contribution is 2.43. The Bertz CT molecular complexity index is 492. The molecule has 1 aromatic rings. The maximum Gasteiger partial charge on any atom is 0.127 e. The molecule has 1 aromatic carbocycles. The number of ether oxygens (including phenoxy) is 1. The lowest BCUT2D eigenvalue weighted by Gasteiger charge is -2.39. The lowest BCUT2D eigenvalue weighted by molar-refractivity contribution is 0.139. The molecule has 0 amide bonds. The molecule has 2 unspecified atom stereocenters. The zero-order valence-corrected chi connectivity index (χ0v) is 12.9. The molecule has 2 heterocycles. The van der Waals surface area contributed by atoms with Gasteiger partial charge in [0.15, 0.2) is 0 Å². The molecule has 0 saturated carbocycles. The quantitative estimate of drug-likeness (QED) is 0.901. The molecule has 0 spiro atoms. The van der Waals surface area contributed by atoms with Gasteiger partial charge < -0.3 is 10.5 Å². The van der Waals surface area contributed by atoms with Crippen LogP contribution in [-0.4, -0.2) is 30.6 Å². The van der Waals surface area contributed by atoms with Crippen molar-refractivity contribution in [3.63, 3.8) is 0 Å². The number of nitrogens with two attached hydrogens (primary N) is 1. The van der Waals surface area contributed by atoms with Crippen molar-refractivity contribution in [2.75, 3.05) is 19.7 Å². The van der Waals surface area contributed by atoms with E-state index in [9.17, 15) is 0 Å². The van der Waals surface area contributed by atoms with Crippen molar-refractivity contribution in [2.45, 2.75) is 51.6 Å². The molecule has 3 nitrogen and oxygen atoms in total. The number of aryl methyl sites for hydroxylation is 1. The topological polar surface area (TPSA) is 38.5 Å². The van der Waals surface area contributed by atoms with E-state index in [2.05, 4.69) is 37.8 Å². The highest BCUT2D eigenvalue weighted by molar-refractivity contribution is 5.51. The molecule has 0 bridgehead atoms. The van der Waals surface area contributed by atoms with E-state index in [0.29, 0.717) is 18.6 Å². The molecule has 0 aromatic heterocycles. The Balaban J connectivity index is 2.09. The van der Waals surface area contributed by atoms with E-state index < -0.39 is 0 Å². The van der Waals surface area contributed by atoms with Crippen LogP contribution >= 0.6 is 0 Å². The van der Waals surface area contributed by atoms with Crippen molar-refractivity contribution in [3.8, 4) is 5.75 Å². The molecule has 0 aliphatic carbocycles. The predicted molar refractivity (Wildman–Crippen MR) is 82.3 cm³/mol. The Labute approximate surface area is 122 Å². The molecule has 110 valence electrons. The van der Waals surface area contributed by atoms with Crippen molar-refractivity contribution < 1.29 is 4.74 Å². The zero-order chi connectivity index (χ0) is 14.3. The summed E-state index contributed by atoms with van der Waals surface area (Å²) in [4.78, 5) is 2.56. The van der Waals surface area contributed by atoms with E-state index in [-0.39, 0.29) is 6.04 Å². The van der Waals surface area contributed by atoms with Gasteiger partial charge in [-0.2, -0.15) is 0 Å². The summed E-state index contributed by atoms with van der Waals surface area (Å²) in [5.74, 6) is 1.59. The fraction of sp³-hybridized carbons (Fsp3) is 0.647. The molecular formula is C17H26N2O. The fourth-order valence-electron chi connectivity index (χ4n) is 3.66. The smallest absolute Gasteiger partial charge is 0.127 e. The van der Waals surface area contributed by atoms with Gasteiger partial charge in [0, 0.05) is 5.56 Å². The normalized spacial score (nSPS) is 26.6. The minimum Gasteiger partial charge on any atom is -0.491 e. The molecule has 3 heteroatoms. The summed E-state index contributed by atoms with van der Waals surface area (Å²) >= 11 is 0. The van der Waals surface area contributed by atoms with Crippen LogP contribution < -0.4 is 10.5 Å². The van der Waals surface area contributed by atoms with Gasteiger partial charge in [0.25, 0.3) is 0 Å². The highest BCUT2D eigenvalue weighted by Gasteiger charge is 2.36. The van der Waals surface area contributed by atoms with Crippen LogP contribution in [0, 0.1) is 6.92 Å². The first-order valence-corrected chi connectivity index (χ1v) is 7.85. The van der Waals surface area contributed by atoms with Gasteiger partial charge in [0.1, 0.15) is 12.4 Å². The number of rotatable bonds is 2. The maximum atomic E-state index is 6.40. The van der Waals surface area contributed by atoms with E-state index in [4.69, 9.17) is 10.5 Å². The standard InChI is InChI=1S/C17H26N2O/c1-11(2)13-7-6-12(3)15-16(19-8-4-5-9-19)14(18)10-20-17(13)15/h6-7,11,14,16H,4-5,8-10,18H2,1-3H3. The molecule has 0 radical (unpaired) electrons. The van der Waals surface area contributed by atoms with Crippen LogP contribution in [0.3, 0.4) is 0 Å². The van der Waals surface area contributed by atoms with Gasteiger partial charge in [-0.25, -0.2) is 0 Å². The zero-order valence-electron chi connectivity index (χ0n) is 12.9. The number of nitrogens with zero attached hydrogens (tertiary/aromatic N) is 1. The average Bonchev–Trinajstić information content (AvgIpc) is 2.92. The van der Waals surface area contributed by atoms with Crippen LogP contribution in [0.25, 0.3) is 0 Å². The predicted octanol–water partition coefficient (Wildman–Crippen LogP) is 2.98. The second-order valence-electron chi connectivity index (χ2n) is 6.53. The first kappa shape index (κ1) is 13.9. The van der Waals surface area contributed by atoms with Crippen LogP contribution in [0.15, 0.2) is 12.1 Å². The number of hydrogen-bond acceptors (Lipinski definition) is 3. The summed E-state index contributed by atoms with van der Waals surface area (Å²) in [7, 11) is 0. The van der Waals surface area contributed by atoms with E-state index >= 15 is 0 Å². The molecule has 20 heavy (non-hydrogen) atoms. The van der Waals surface area contributed by atoms with Gasteiger partial charge in [0.2, 0.25) is 0 Å². The molecule has 3 rings (SSSR count). The molecule has 2 N–H and O–H groups in total. The molecule has 2 aliphatic heterocycles. The third-order valence-electron chi connectivity index (χ3n) is 4.72. The van der Waals surface area contributed by atoms with E-state index in [0.717, 1.165) is 5.75 Å². The second-order valence-corrected chi connectivity index (χ2v) is 6.53. The summed E-state index contributed by atoms with van der Waals surface area (Å²) in [5, 5.41) is 0. The molecule has 1 saturated heterocycles. The van der Waals surface area contributed by atoms with Gasteiger partial charge in [-0.1, -0.05) is 26.0 Å². The van der Waals surface area contributed by atoms with Crippen LogP contribution in [0.2, 0.25) is 0 Å². The number of benzene rings is 1. The van der Waals surface area contributed by atoms with Gasteiger partial charge in [0.05, 0.1) is 12.1 Å². The van der Waals surface area contributed by atoms with Crippen molar-refractivity contribution in [2.24, 2.45) is 5.73 Å². The van der Waals surface area contributed by atoms with Gasteiger partial charge in [-0.05, 0) is 49.9 Å². The Morgan fingerprint density at radius 3 is 2.60 bits per heavy atom. The Hall–Kier alpha value is -1.06. The molecule has 2 aliphatic rings. The van der Waals surface area contributed by atoms with Crippen LogP contribution in [0.5, 0.6) is 5.75 Å². The largest absolute Gasteiger partial charge is 0.491 e. The number of hydrogen-bond donors (Lipinski definition) is 1. The lowest BCUT2D eigenvalue weighted by atomic mass is 9.87. The Morgan fingerprint density at radius 2 is 1.95 bits per heavy atom. The van der Waals surface area contributed by atoms with Gasteiger partial charge in [-0.3, -0.25) is 4.90 Å². The third kappa shape index (κ3) is 2.23. The minimum atomic E-state index is 0.0849. The minimum absolute atomic E-state index is 0.0849. The summed E-state index contributed by atoms with van der Waals surface area (Å²) in [6.45, 7) is 9.62. The fourth-order valence-corrected chi connectivity index (χ4v) is 3.66. The summed E-state index contributed by atoms with van der Waals surface area (Å²) in [6, 6.07) is 4.87. The van der Waals surface area contributed by atoms with Crippen molar-refractivity contribution >= 4 is 0 Å². The molecule has 2 atom stereocenters. The third-order valence-corrected chi connectivity index (χ3v) is 4.72. The Morgan fingerprint density at radius 1 is 1.25 bits per heavy atom. The van der Waals surface area contributed by atoms with Crippen LogP contribution in [0.1, 0.15) is 55.3 Å². The first-order chi connectivity index (χ1) is 9.59. The van der Waals surface area contributed by atoms with Crippen molar-refractivity contribution in [1.29, 1.82) is 0 Å². The number of likely N-dealkylation sites (tertiary alicyclic amines) is 1. The van der Waals surface area contributed by atoms with Gasteiger partial charge >= 0.3 is 0 Å². The van der Waals surface area contributed by atoms with Gasteiger partial charge in [-0.15, -0.1) is 0 Å².